The Kier molecular flexibility index (Phi) is 3.79. The second kappa shape index (κ2) is 5.57. The van der Waals surface area contributed by atoms with Crippen LogP contribution in [0.4, 0.5) is 11.6 Å². The number of nitrogen functional groups attached to an aromatic ring is 1. The van der Waals surface area contributed by atoms with Crippen LogP contribution in [0.1, 0.15) is 0 Å². The van der Waals surface area contributed by atoms with Crippen molar-refractivity contribution in [2.45, 2.75) is 0 Å². The van der Waals surface area contributed by atoms with Crippen LogP contribution in [0.25, 0.3) is 11.5 Å². The van der Waals surface area contributed by atoms with Crippen molar-refractivity contribution < 1.29 is 4.52 Å². The molecule has 7 heteroatoms. The van der Waals surface area contributed by atoms with Crippen LogP contribution in [-0.2, 0) is 0 Å². The fourth-order valence-corrected chi connectivity index (χ4v) is 2.66. The molecule has 1 saturated heterocycles. The van der Waals surface area contributed by atoms with Gasteiger partial charge in [-0.1, -0.05) is 0 Å². The van der Waals surface area contributed by atoms with Crippen LogP contribution in [-0.4, -0.2) is 48.3 Å². The molecule has 0 unspecified atom stereocenters. The maximum absolute atomic E-state index is 5.98. The van der Waals surface area contributed by atoms with Crippen LogP contribution in [0.5, 0.6) is 0 Å². The molecule has 0 amide bonds. The second-order valence-electron chi connectivity index (χ2n) is 4.92. The lowest BCUT2D eigenvalue weighted by atomic mass is 10.2. The third-order valence-corrected chi connectivity index (χ3v) is 4.12. The highest BCUT2D eigenvalue weighted by molar-refractivity contribution is 14.1. The van der Waals surface area contributed by atoms with E-state index in [1.165, 1.54) is 0 Å². The van der Waals surface area contributed by atoms with Crippen LogP contribution >= 0.6 is 22.6 Å². The first kappa shape index (κ1) is 13.6. The summed E-state index contributed by atoms with van der Waals surface area (Å²) < 4.78 is 6.46. The Bertz CT molecular complexity index is 607. The Morgan fingerprint density at radius 1 is 1.25 bits per heavy atom. The maximum Gasteiger partial charge on any atom is 0.266 e. The highest BCUT2D eigenvalue weighted by Crippen LogP contribution is 2.27. The first-order chi connectivity index (χ1) is 9.63. The Hall–Kier alpha value is -1.35. The molecule has 20 heavy (non-hydrogen) atoms. The van der Waals surface area contributed by atoms with Crippen LogP contribution in [0.3, 0.4) is 0 Å². The molecular formula is C13H16IN5O. The van der Waals surface area contributed by atoms with Gasteiger partial charge >= 0.3 is 0 Å². The second-order valence-corrected chi connectivity index (χ2v) is 6.17. The lowest BCUT2D eigenvalue weighted by Gasteiger charge is -2.31. The maximum atomic E-state index is 5.98. The molecule has 1 aromatic heterocycles. The SMILES string of the molecule is CN1CCN(c2noc(-c3cc(I)ccc3N)n2)CC1. The molecule has 0 bridgehead atoms. The summed E-state index contributed by atoms with van der Waals surface area (Å²) in [7, 11) is 2.12. The molecule has 1 aliphatic heterocycles. The van der Waals surface area contributed by atoms with Crippen LogP contribution in [0, 0.1) is 3.57 Å². The van der Waals surface area contributed by atoms with E-state index in [0.717, 1.165) is 35.3 Å². The molecule has 0 aliphatic carbocycles. The van der Waals surface area contributed by atoms with Crippen LogP contribution in [0.15, 0.2) is 22.7 Å². The third-order valence-electron chi connectivity index (χ3n) is 3.45. The highest BCUT2D eigenvalue weighted by Gasteiger charge is 2.20. The van der Waals surface area contributed by atoms with E-state index in [2.05, 4.69) is 49.6 Å². The molecule has 0 spiro atoms. The minimum atomic E-state index is 0.481. The van der Waals surface area contributed by atoms with E-state index in [1.54, 1.807) is 0 Å². The molecule has 1 aliphatic rings. The van der Waals surface area contributed by atoms with E-state index < -0.39 is 0 Å². The Morgan fingerprint density at radius 3 is 2.75 bits per heavy atom. The summed E-state index contributed by atoms with van der Waals surface area (Å²) in [6.45, 7) is 3.85. The van der Waals surface area contributed by atoms with Gasteiger partial charge in [0.25, 0.3) is 11.8 Å². The van der Waals surface area contributed by atoms with Gasteiger partial charge in [-0.15, -0.1) is 0 Å². The predicted octanol–water partition coefficient (Wildman–Crippen LogP) is 1.68. The summed E-state index contributed by atoms with van der Waals surface area (Å²) in [6, 6.07) is 5.77. The van der Waals surface area contributed by atoms with Gasteiger partial charge in [0.1, 0.15) is 0 Å². The number of benzene rings is 1. The lowest BCUT2D eigenvalue weighted by molar-refractivity contribution is 0.309. The van der Waals surface area contributed by atoms with E-state index in [4.69, 9.17) is 10.3 Å². The Balaban J connectivity index is 1.85. The summed E-state index contributed by atoms with van der Waals surface area (Å²) in [5.74, 6) is 1.13. The molecule has 1 aromatic carbocycles. The number of likely N-dealkylation sites (N-methyl/N-ethyl adjacent to an activating group) is 1. The molecule has 3 rings (SSSR count). The number of halogens is 1. The zero-order chi connectivity index (χ0) is 14.1. The molecule has 0 radical (unpaired) electrons. The normalized spacial score (nSPS) is 16.6. The summed E-state index contributed by atoms with van der Waals surface area (Å²) in [6.07, 6.45) is 0. The van der Waals surface area contributed by atoms with Crippen molar-refractivity contribution in [2.24, 2.45) is 0 Å². The van der Waals surface area contributed by atoms with Crippen molar-refractivity contribution in [3.8, 4) is 11.5 Å². The summed E-state index contributed by atoms with van der Waals surface area (Å²) >= 11 is 2.24. The number of nitrogens with zero attached hydrogens (tertiary/aromatic N) is 4. The molecule has 0 saturated carbocycles. The molecule has 0 atom stereocenters. The van der Waals surface area contributed by atoms with Crippen molar-refractivity contribution in [3.05, 3.63) is 21.8 Å². The fourth-order valence-electron chi connectivity index (χ4n) is 2.17. The van der Waals surface area contributed by atoms with Crippen molar-refractivity contribution in [1.29, 1.82) is 0 Å². The van der Waals surface area contributed by atoms with E-state index >= 15 is 0 Å². The monoisotopic (exact) mass is 385 g/mol. The summed E-state index contributed by atoms with van der Waals surface area (Å²) in [5.41, 5.74) is 7.42. The number of rotatable bonds is 2. The van der Waals surface area contributed by atoms with Crippen LogP contribution in [0.2, 0.25) is 0 Å². The Morgan fingerprint density at radius 2 is 2.00 bits per heavy atom. The van der Waals surface area contributed by atoms with Gasteiger partial charge in [-0.25, -0.2) is 0 Å². The van der Waals surface area contributed by atoms with Gasteiger partial charge in [0.05, 0.1) is 5.56 Å². The van der Waals surface area contributed by atoms with Gasteiger partial charge in [0.15, 0.2) is 0 Å². The van der Waals surface area contributed by atoms with Gasteiger partial charge in [0, 0.05) is 35.4 Å². The molecule has 2 heterocycles. The number of piperazine rings is 1. The van der Waals surface area contributed by atoms with E-state index in [-0.39, 0.29) is 0 Å². The van der Waals surface area contributed by atoms with Crippen molar-refractivity contribution >= 4 is 34.2 Å². The molecular weight excluding hydrogens is 369 g/mol. The first-order valence-corrected chi connectivity index (χ1v) is 7.54. The van der Waals surface area contributed by atoms with Crippen molar-refractivity contribution in [3.63, 3.8) is 0 Å². The van der Waals surface area contributed by atoms with Gasteiger partial charge in [-0.3, -0.25) is 0 Å². The van der Waals surface area contributed by atoms with Crippen molar-refractivity contribution in [1.82, 2.24) is 15.0 Å². The summed E-state index contributed by atoms with van der Waals surface area (Å²) in [4.78, 5) is 8.90. The zero-order valence-corrected chi connectivity index (χ0v) is 13.4. The fraction of sp³-hybridized carbons (Fsp3) is 0.385. The molecule has 2 aromatic rings. The van der Waals surface area contributed by atoms with Crippen molar-refractivity contribution in [2.75, 3.05) is 43.9 Å². The predicted molar refractivity (Wildman–Crippen MR) is 86.6 cm³/mol. The summed E-state index contributed by atoms with van der Waals surface area (Å²) in [5, 5.41) is 4.08. The molecule has 1 fully saturated rings. The van der Waals surface area contributed by atoms with Gasteiger partial charge < -0.3 is 20.1 Å². The van der Waals surface area contributed by atoms with Gasteiger partial charge in [-0.05, 0) is 53.0 Å². The van der Waals surface area contributed by atoms with Crippen LogP contribution < -0.4 is 10.6 Å². The topological polar surface area (TPSA) is 71.4 Å². The minimum Gasteiger partial charge on any atom is -0.398 e. The lowest BCUT2D eigenvalue weighted by Crippen LogP contribution is -2.44. The highest BCUT2D eigenvalue weighted by atomic mass is 127. The van der Waals surface area contributed by atoms with Gasteiger partial charge in [-0.2, -0.15) is 4.98 Å². The number of hydrogen-bond donors (Lipinski definition) is 1. The molecule has 6 nitrogen and oxygen atoms in total. The quantitative estimate of drug-likeness (QED) is 0.627. The largest absolute Gasteiger partial charge is 0.398 e. The van der Waals surface area contributed by atoms with E-state index in [9.17, 15) is 0 Å². The zero-order valence-electron chi connectivity index (χ0n) is 11.2. The van der Waals surface area contributed by atoms with E-state index in [0.29, 0.717) is 17.5 Å². The van der Waals surface area contributed by atoms with Gasteiger partial charge in [0.2, 0.25) is 0 Å². The average Bonchev–Trinajstić information content (AvgIpc) is 2.92. The minimum absolute atomic E-state index is 0.481. The third kappa shape index (κ3) is 2.73. The standard InChI is InChI=1S/C13H16IN5O/c1-18-4-6-19(7-5-18)13-16-12(20-17-13)10-8-9(14)2-3-11(10)15/h2-3,8H,4-7,15H2,1H3. The smallest absolute Gasteiger partial charge is 0.266 e. The molecule has 106 valence electrons. The first-order valence-electron chi connectivity index (χ1n) is 6.46. The number of anilines is 2. The number of nitrogens with two attached hydrogens (primary N) is 1. The average molecular weight is 385 g/mol. The number of hydrogen-bond acceptors (Lipinski definition) is 6. The van der Waals surface area contributed by atoms with E-state index in [1.807, 2.05) is 18.2 Å². The Labute approximate surface area is 131 Å². The number of aromatic nitrogens is 2. The molecule has 2 N–H and O–H groups in total.